The maximum Gasteiger partial charge on any atom is 0.416 e. The molecule has 0 saturated heterocycles. The fraction of sp³-hybridized carbons (Fsp3) is 0.345. The molecule has 0 heterocycles. The third-order valence-electron chi connectivity index (χ3n) is 7.03. The average Bonchev–Trinajstić information content (AvgIpc) is 2.84. The molecule has 2 unspecified atom stereocenters. The summed E-state index contributed by atoms with van der Waals surface area (Å²) in [7, 11) is 1.90. The van der Waals surface area contributed by atoms with Crippen molar-refractivity contribution in [1.82, 2.24) is 4.90 Å². The number of nitrogens with two attached hydrogens (primary N) is 1. The number of likely N-dealkylation sites (N-methyl/N-ethyl adjacent to an activating group) is 1. The van der Waals surface area contributed by atoms with E-state index in [2.05, 4.69) is 18.2 Å². The van der Waals surface area contributed by atoms with Crippen LogP contribution in [-0.2, 0) is 30.2 Å². The highest BCUT2D eigenvalue weighted by Gasteiger charge is 2.31. The Kier molecular flexibility index (Phi) is 7.60. The zero-order chi connectivity index (χ0) is 25.0. The molecule has 2 atom stereocenters. The van der Waals surface area contributed by atoms with E-state index in [9.17, 15) is 18.0 Å². The molecule has 1 aliphatic carbocycles. The minimum atomic E-state index is -4.35. The van der Waals surface area contributed by atoms with Gasteiger partial charge in [-0.1, -0.05) is 60.7 Å². The van der Waals surface area contributed by atoms with Gasteiger partial charge in [0, 0.05) is 6.04 Å². The molecule has 0 spiro atoms. The van der Waals surface area contributed by atoms with E-state index in [1.54, 1.807) is 0 Å². The van der Waals surface area contributed by atoms with Crippen LogP contribution >= 0.6 is 0 Å². The molecular formula is C29H31F3N2O. The summed E-state index contributed by atoms with van der Waals surface area (Å²) in [6, 6.07) is 20.6. The quantitative estimate of drug-likeness (QED) is 0.405. The fourth-order valence-electron chi connectivity index (χ4n) is 5.15. The monoisotopic (exact) mass is 480 g/mol. The molecule has 1 amide bonds. The van der Waals surface area contributed by atoms with Gasteiger partial charge in [-0.05, 0) is 85.5 Å². The highest BCUT2D eigenvalue weighted by atomic mass is 19.4. The van der Waals surface area contributed by atoms with Gasteiger partial charge in [0.2, 0.25) is 5.91 Å². The average molecular weight is 481 g/mol. The SMILES string of the molecule is CN(C(CCc1ccc(C(F)(F)F)cc1)c1ccc2c(c1)CCCC2)C(C(N)=O)c1ccccc1. The van der Waals surface area contributed by atoms with Gasteiger partial charge in [-0.15, -0.1) is 0 Å². The van der Waals surface area contributed by atoms with Gasteiger partial charge < -0.3 is 5.73 Å². The van der Waals surface area contributed by atoms with E-state index < -0.39 is 23.7 Å². The second kappa shape index (κ2) is 10.6. The van der Waals surface area contributed by atoms with E-state index in [4.69, 9.17) is 5.73 Å². The van der Waals surface area contributed by atoms with E-state index >= 15 is 0 Å². The molecule has 0 fully saturated rings. The minimum absolute atomic E-state index is 0.137. The summed E-state index contributed by atoms with van der Waals surface area (Å²) in [6.45, 7) is 0. The molecule has 1 aliphatic rings. The summed E-state index contributed by atoms with van der Waals surface area (Å²) in [6.07, 6.45) is 1.33. The molecule has 0 aromatic heterocycles. The molecule has 0 saturated carbocycles. The second-order valence-electron chi connectivity index (χ2n) is 9.37. The van der Waals surface area contributed by atoms with Gasteiger partial charge in [0.15, 0.2) is 0 Å². The number of aryl methyl sites for hydroxylation is 3. The molecule has 3 aromatic carbocycles. The summed E-state index contributed by atoms with van der Waals surface area (Å²) in [5.74, 6) is -0.434. The number of primary amides is 1. The Bertz CT molecular complexity index is 1140. The summed E-state index contributed by atoms with van der Waals surface area (Å²) >= 11 is 0. The van der Waals surface area contributed by atoms with E-state index in [0.29, 0.717) is 12.8 Å². The van der Waals surface area contributed by atoms with Crippen molar-refractivity contribution in [2.24, 2.45) is 5.73 Å². The molecule has 2 N–H and O–H groups in total. The number of hydrogen-bond acceptors (Lipinski definition) is 2. The normalized spacial score (nSPS) is 15.5. The Labute approximate surface area is 204 Å². The lowest BCUT2D eigenvalue weighted by Crippen LogP contribution is -2.38. The van der Waals surface area contributed by atoms with Crippen molar-refractivity contribution < 1.29 is 18.0 Å². The van der Waals surface area contributed by atoms with Gasteiger partial charge in [0.05, 0.1) is 5.56 Å². The maximum absolute atomic E-state index is 13.0. The van der Waals surface area contributed by atoms with E-state index in [1.165, 1.54) is 29.7 Å². The Morgan fingerprint density at radius 2 is 1.57 bits per heavy atom. The number of fused-ring (bicyclic) bond motifs is 1. The summed E-state index contributed by atoms with van der Waals surface area (Å²) in [5, 5.41) is 0. The molecule has 3 nitrogen and oxygen atoms in total. The van der Waals surface area contributed by atoms with Crippen molar-refractivity contribution >= 4 is 5.91 Å². The maximum atomic E-state index is 13.0. The van der Waals surface area contributed by atoms with Crippen molar-refractivity contribution in [2.75, 3.05) is 7.05 Å². The topological polar surface area (TPSA) is 46.3 Å². The van der Waals surface area contributed by atoms with Gasteiger partial charge >= 0.3 is 6.18 Å². The van der Waals surface area contributed by atoms with Gasteiger partial charge in [0.1, 0.15) is 6.04 Å². The van der Waals surface area contributed by atoms with Crippen LogP contribution in [0.1, 0.15) is 64.7 Å². The van der Waals surface area contributed by atoms with E-state index in [-0.39, 0.29) is 6.04 Å². The van der Waals surface area contributed by atoms with Crippen LogP contribution in [0, 0.1) is 0 Å². The van der Waals surface area contributed by atoms with Gasteiger partial charge in [-0.3, -0.25) is 9.69 Å². The predicted molar refractivity (Wildman–Crippen MR) is 132 cm³/mol. The molecule has 4 rings (SSSR count). The van der Waals surface area contributed by atoms with Crippen molar-refractivity contribution in [2.45, 2.75) is 56.8 Å². The predicted octanol–water partition coefficient (Wildman–Crippen LogP) is 6.42. The zero-order valence-electron chi connectivity index (χ0n) is 19.9. The van der Waals surface area contributed by atoms with Gasteiger partial charge in [-0.25, -0.2) is 0 Å². The highest BCUT2D eigenvalue weighted by molar-refractivity contribution is 5.81. The van der Waals surface area contributed by atoms with Crippen molar-refractivity contribution in [3.8, 4) is 0 Å². The summed E-state index contributed by atoms with van der Waals surface area (Å²) < 4.78 is 38.9. The summed E-state index contributed by atoms with van der Waals surface area (Å²) in [5.41, 5.74) is 10.7. The van der Waals surface area contributed by atoms with Crippen LogP contribution in [0.15, 0.2) is 72.8 Å². The number of nitrogens with zero attached hydrogens (tertiary/aromatic N) is 1. The number of halogens is 3. The van der Waals surface area contributed by atoms with Gasteiger partial charge in [-0.2, -0.15) is 13.2 Å². The Morgan fingerprint density at radius 1 is 0.914 bits per heavy atom. The molecule has 0 aliphatic heterocycles. The standard InChI is InChI=1S/C29H31F3N2O/c1-34(27(28(33)35)22-8-3-2-4-9-22)26(24-15-14-21-7-5-6-10-23(21)19-24)18-13-20-11-16-25(17-12-20)29(30,31)32/h2-4,8-9,11-12,14-17,19,26-27H,5-7,10,13,18H2,1H3,(H2,33,35). The van der Waals surface area contributed by atoms with Crippen LogP contribution in [0.25, 0.3) is 0 Å². The fourth-order valence-corrected chi connectivity index (χ4v) is 5.15. The molecule has 0 bridgehead atoms. The second-order valence-corrected chi connectivity index (χ2v) is 9.37. The van der Waals surface area contributed by atoms with Crippen LogP contribution in [0.2, 0.25) is 0 Å². The number of amides is 1. The molecule has 6 heteroatoms. The van der Waals surface area contributed by atoms with Crippen LogP contribution in [-0.4, -0.2) is 17.9 Å². The zero-order valence-corrected chi connectivity index (χ0v) is 19.9. The third-order valence-corrected chi connectivity index (χ3v) is 7.03. The molecule has 3 aromatic rings. The first-order chi connectivity index (χ1) is 16.7. The smallest absolute Gasteiger partial charge is 0.368 e. The molecule has 0 radical (unpaired) electrons. The number of carbonyl (C=O) groups is 1. The molecule has 184 valence electrons. The van der Waals surface area contributed by atoms with Crippen molar-refractivity contribution in [3.63, 3.8) is 0 Å². The first-order valence-electron chi connectivity index (χ1n) is 12.1. The number of benzene rings is 3. The van der Waals surface area contributed by atoms with Crippen LogP contribution in [0.5, 0.6) is 0 Å². The van der Waals surface area contributed by atoms with Crippen molar-refractivity contribution in [1.29, 1.82) is 0 Å². The summed E-state index contributed by atoms with van der Waals surface area (Å²) in [4.78, 5) is 14.6. The van der Waals surface area contributed by atoms with Crippen LogP contribution in [0.3, 0.4) is 0 Å². The molecule has 35 heavy (non-hydrogen) atoms. The Hall–Kier alpha value is -3.12. The number of rotatable bonds is 8. The van der Waals surface area contributed by atoms with Crippen molar-refractivity contribution in [3.05, 3.63) is 106 Å². The lowest BCUT2D eigenvalue weighted by molar-refractivity contribution is -0.137. The van der Waals surface area contributed by atoms with E-state index in [1.807, 2.05) is 42.3 Å². The molecular weight excluding hydrogens is 449 g/mol. The largest absolute Gasteiger partial charge is 0.416 e. The Balaban J connectivity index is 1.64. The third kappa shape index (κ3) is 5.93. The lowest BCUT2D eigenvalue weighted by atomic mass is 9.87. The van der Waals surface area contributed by atoms with Crippen LogP contribution < -0.4 is 5.73 Å². The van der Waals surface area contributed by atoms with Crippen LogP contribution in [0.4, 0.5) is 13.2 Å². The lowest BCUT2D eigenvalue weighted by Gasteiger charge is -2.35. The first-order valence-corrected chi connectivity index (χ1v) is 12.1. The number of hydrogen-bond donors (Lipinski definition) is 1. The first kappa shape index (κ1) is 25.0. The number of carbonyl (C=O) groups excluding carboxylic acids is 1. The number of alkyl halides is 3. The van der Waals surface area contributed by atoms with Gasteiger partial charge in [0.25, 0.3) is 0 Å². The Morgan fingerprint density at radius 3 is 2.20 bits per heavy atom. The highest BCUT2D eigenvalue weighted by Crippen LogP contribution is 2.35. The van der Waals surface area contributed by atoms with E-state index in [0.717, 1.165) is 48.1 Å². The minimum Gasteiger partial charge on any atom is -0.368 e.